The number of aromatic nitrogens is 1. The standard InChI is InChI=1S/C13H12N2O.ClH/c1-15-9-5-6-11(10-15)13(16)14-12-7-3-2-4-8-12;/h2-10H,1H3;1H. The maximum atomic E-state index is 11.8. The van der Waals surface area contributed by atoms with Crippen LogP contribution in [0.15, 0.2) is 54.9 Å². The van der Waals surface area contributed by atoms with Gasteiger partial charge in [-0.1, -0.05) is 18.2 Å². The van der Waals surface area contributed by atoms with E-state index < -0.39 is 0 Å². The number of halogens is 1. The van der Waals surface area contributed by atoms with Crippen LogP contribution in [0, 0.1) is 0 Å². The summed E-state index contributed by atoms with van der Waals surface area (Å²) in [5.41, 5.74) is 1.45. The number of hydrogen-bond donors (Lipinski definition) is 1. The van der Waals surface area contributed by atoms with E-state index in [2.05, 4.69) is 5.32 Å². The lowest BCUT2D eigenvalue weighted by Crippen LogP contribution is -3.00. The Morgan fingerprint density at radius 1 is 1.12 bits per heavy atom. The van der Waals surface area contributed by atoms with Crippen molar-refractivity contribution < 1.29 is 21.8 Å². The molecule has 0 unspecified atom stereocenters. The van der Waals surface area contributed by atoms with Crippen LogP contribution in [0.25, 0.3) is 0 Å². The summed E-state index contributed by atoms with van der Waals surface area (Å²) in [5.74, 6) is -0.0950. The smallest absolute Gasteiger partial charge is 0.261 e. The number of nitrogens with zero attached hydrogens (tertiary/aromatic N) is 1. The third kappa shape index (κ3) is 3.57. The van der Waals surface area contributed by atoms with Gasteiger partial charge in [-0.2, -0.15) is 0 Å². The summed E-state index contributed by atoms with van der Waals surface area (Å²) in [6.07, 6.45) is 3.68. The van der Waals surface area contributed by atoms with Crippen LogP contribution < -0.4 is 22.3 Å². The Morgan fingerprint density at radius 2 is 1.82 bits per heavy atom. The molecule has 4 heteroatoms. The SMILES string of the molecule is C[n+]1cccc(C(=O)Nc2ccccc2)c1.[Cl-]. The fourth-order valence-electron chi connectivity index (χ4n) is 1.45. The maximum Gasteiger partial charge on any atom is 0.261 e. The predicted molar refractivity (Wildman–Crippen MR) is 62.0 cm³/mol. The molecule has 2 aromatic rings. The average molecular weight is 249 g/mol. The van der Waals surface area contributed by atoms with Gasteiger partial charge in [-0.05, 0) is 18.2 Å². The van der Waals surface area contributed by atoms with Crippen LogP contribution in [0.1, 0.15) is 10.4 Å². The lowest BCUT2D eigenvalue weighted by atomic mass is 10.2. The first-order chi connectivity index (χ1) is 7.75. The molecular weight excluding hydrogens is 236 g/mol. The number of aryl methyl sites for hydroxylation is 1. The topological polar surface area (TPSA) is 33.0 Å². The molecule has 3 nitrogen and oxygen atoms in total. The number of anilines is 1. The summed E-state index contributed by atoms with van der Waals surface area (Å²) in [7, 11) is 1.89. The molecule has 0 fully saturated rings. The number of nitrogens with one attached hydrogen (secondary N) is 1. The van der Waals surface area contributed by atoms with Gasteiger partial charge in [0, 0.05) is 11.8 Å². The van der Waals surface area contributed by atoms with Crippen LogP contribution in [0.3, 0.4) is 0 Å². The third-order valence-electron chi connectivity index (χ3n) is 2.23. The van der Waals surface area contributed by atoms with E-state index in [-0.39, 0.29) is 18.3 Å². The predicted octanol–water partition coefficient (Wildman–Crippen LogP) is -1.23. The molecule has 1 heterocycles. The average Bonchev–Trinajstić information content (AvgIpc) is 2.30. The van der Waals surface area contributed by atoms with E-state index in [0.717, 1.165) is 5.69 Å². The summed E-state index contributed by atoms with van der Waals surface area (Å²) in [6.45, 7) is 0. The molecule has 0 radical (unpaired) electrons. The highest BCUT2D eigenvalue weighted by Crippen LogP contribution is 2.07. The van der Waals surface area contributed by atoms with E-state index in [1.165, 1.54) is 0 Å². The highest BCUT2D eigenvalue weighted by Gasteiger charge is 2.08. The van der Waals surface area contributed by atoms with E-state index >= 15 is 0 Å². The van der Waals surface area contributed by atoms with Gasteiger partial charge < -0.3 is 17.7 Å². The van der Waals surface area contributed by atoms with Crippen LogP contribution in [0.2, 0.25) is 0 Å². The van der Waals surface area contributed by atoms with Gasteiger partial charge in [0.1, 0.15) is 12.6 Å². The number of amides is 1. The molecule has 0 bridgehead atoms. The van der Waals surface area contributed by atoms with Crippen LogP contribution in [0.4, 0.5) is 5.69 Å². The fourth-order valence-corrected chi connectivity index (χ4v) is 1.45. The van der Waals surface area contributed by atoms with Gasteiger partial charge in [-0.3, -0.25) is 4.79 Å². The quantitative estimate of drug-likeness (QED) is 0.664. The highest BCUT2D eigenvalue weighted by molar-refractivity contribution is 6.03. The first-order valence-electron chi connectivity index (χ1n) is 5.07. The van der Waals surface area contributed by atoms with E-state index in [0.29, 0.717) is 5.56 Å². The third-order valence-corrected chi connectivity index (χ3v) is 2.23. The van der Waals surface area contributed by atoms with Crippen LogP contribution in [-0.2, 0) is 7.05 Å². The molecule has 0 aliphatic rings. The summed E-state index contributed by atoms with van der Waals surface area (Å²) in [5, 5.41) is 2.83. The van der Waals surface area contributed by atoms with E-state index in [1.807, 2.05) is 54.2 Å². The van der Waals surface area contributed by atoms with Crippen molar-refractivity contribution >= 4 is 11.6 Å². The second-order valence-corrected chi connectivity index (χ2v) is 3.58. The molecule has 0 saturated carbocycles. The zero-order valence-corrected chi connectivity index (χ0v) is 10.2. The molecule has 0 atom stereocenters. The number of pyridine rings is 1. The lowest BCUT2D eigenvalue weighted by molar-refractivity contribution is -0.671. The van der Waals surface area contributed by atoms with E-state index in [9.17, 15) is 4.79 Å². The minimum Gasteiger partial charge on any atom is -1.00 e. The Bertz CT molecular complexity index is 500. The van der Waals surface area contributed by atoms with Gasteiger partial charge >= 0.3 is 0 Å². The second-order valence-electron chi connectivity index (χ2n) is 3.58. The van der Waals surface area contributed by atoms with Gasteiger partial charge in [-0.25, -0.2) is 4.57 Å². The van der Waals surface area contributed by atoms with Crippen LogP contribution in [0.5, 0.6) is 0 Å². The molecule has 1 aromatic carbocycles. The molecule has 0 saturated heterocycles. The normalized spacial score (nSPS) is 9.24. The Morgan fingerprint density at radius 3 is 2.47 bits per heavy atom. The molecule has 1 N–H and O–H groups in total. The number of carbonyl (C=O) groups excluding carboxylic acids is 1. The molecule has 0 aliphatic heterocycles. The number of rotatable bonds is 2. The van der Waals surface area contributed by atoms with Crippen LogP contribution in [-0.4, -0.2) is 5.91 Å². The zero-order chi connectivity index (χ0) is 11.4. The Labute approximate surface area is 107 Å². The molecule has 2 rings (SSSR count). The van der Waals surface area contributed by atoms with E-state index in [4.69, 9.17) is 0 Å². The first kappa shape index (κ1) is 13.2. The summed E-state index contributed by atoms with van der Waals surface area (Å²) >= 11 is 0. The number of benzene rings is 1. The largest absolute Gasteiger partial charge is 1.00 e. The summed E-state index contributed by atoms with van der Waals surface area (Å²) in [4.78, 5) is 11.8. The second kappa shape index (κ2) is 6.01. The van der Waals surface area contributed by atoms with Crippen LogP contribution >= 0.6 is 0 Å². The minimum atomic E-state index is -0.0950. The van der Waals surface area contributed by atoms with Crippen molar-refractivity contribution in [3.05, 3.63) is 60.4 Å². The van der Waals surface area contributed by atoms with Crippen molar-refractivity contribution in [2.45, 2.75) is 0 Å². The molecule has 17 heavy (non-hydrogen) atoms. The van der Waals surface area contributed by atoms with Crippen molar-refractivity contribution in [3.8, 4) is 0 Å². The Balaban J connectivity index is 0.00000144. The molecular formula is C13H13ClN2O. The van der Waals surface area contributed by atoms with Crippen molar-refractivity contribution in [1.29, 1.82) is 0 Å². The number of hydrogen-bond acceptors (Lipinski definition) is 1. The minimum absolute atomic E-state index is 0. The van der Waals surface area contributed by atoms with Crippen molar-refractivity contribution in [1.82, 2.24) is 0 Å². The van der Waals surface area contributed by atoms with Gasteiger partial charge in [0.25, 0.3) is 5.91 Å². The van der Waals surface area contributed by atoms with Crippen molar-refractivity contribution in [3.63, 3.8) is 0 Å². The van der Waals surface area contributed by atoms with Crippen molar-refractivity contribution in [2.24, 2.45) is 7.05 Å². The van der Waals surface area contributed by atoms with Gasteiger partial charge in [0.15, 0.2) is 12.4 Å². The monoisotopic (exact) mass is 248 g/mol. The van der Waals surface area contributed by atoms with Crippen molar-refractivity contribution in [2.75, 3.05) is 5.32 Å². The maximum absolute atomic E-state index is 11.8. The van der Waals surface area contributed by atoms with Gasteiger partial charge in [0.2, 0.25) is 0 Å². The molecule has 88 valence electrons. The first-order valence-corrected chi connectivity index (χ1v) is 5.07. The number of carbonyl (C=O) groups is 1. The lowest BCUT2D eigenvalue weighted by Gasteiger charge is -2.03. The number of para-hydroxylation sites is 1. The molecule has 1 aromatic heterocycles. The Kier molecular flexibility index (Phi) is 4.67. The summed E-state index contributed by atoms with van der Waals surface area (Å²) in [6, 6.07) is 13.1. The fraction of sp³-hybridized carbons (Fsp3) is 0.0769. The zero-order valence-electron chi connectivity index (χ0n) is 9.43. The molecule has 0 aliphatic carbocycles. The van der Waals surface area contributed by atoms with Gasteiger partial charge in [-0.15, -0.1) is 0 Å². The van der Waals surface area contributed by atoms with Gasteiger partial charge in [0.05, 0.1) is 0 Å². The summed E-state index contributed by atoms with van der Waals surface area (Å²) < 4.78 is 1.85. The molecule has 1 amide bonds. The van der Waals surface area contributed by atoms with E-state index in [1.54, 1.807) is 12.3 Å². The highest BCUT2D eigenvalue weighted by atomic mass is 35.5. The Hall–Kier alpha value is -1.87. The molecule has 0 spiro atoms.